The minimum absolute atomic E-state index is 0.197. The Labute approximate surface area is 80.1 Å². The van der Waals surface area contributed by atoms with E-state index in [1.165, 1.54) is 0 Å². The number of rotatable bonds is 5. The number of hydrogen-bond acceptors (Lipinski definition) is 2. The molecule has 0 spiro atoms. The Hall–Kier alpha value is -0.210. The van der Waals surface area contributed by atoms with E-state index >= 15 is 0 Å². The quantitative estimate of drug-likeness (QED) is 0.376. The predicted octanol–water partition coefficient (Wildman–Crippen LogP) is 2.44. The van der Waals surface area contributed by atoms with Crippen LogP contribution in [-0.2, 0) is 4.74 Å². The van der Waals surface area contributed by atoms with Gasteiger partial charge in [0.05, 0.1) is 18.1 Å². The molecule has 0 atom stereocenters. The highest BCUT2D eigenvalue weighted by Crippen LogP contribution is 2.22. The number of likely N-dealkylation sites (N-methyl/N-ethyl adjacent to an activating group) is 1. The molecule has 3 heteroatoms. The lowest BCUT2D eigenvalue weighted by Crippen LogP contribution is -2.42. The highest BCUT2D eigenvalue weighted by Gasteiger charge is 2.27. The van der Waals surface area contributed by atoms with E-state index in [2.05, 4.69) is 6.58 Å². The van der Waals surface area contributed by atoms with Gasteiger partial charge in [-0.1, -0.05) is 6.58 Å². The average Bonchev–Trinajstić information content (AvgIpc) is 2.03. The summed E-state index contributed by atoms with van der Waals surface area (Å²) in [6, 6.07) is 0.471. The van der Waals surface area contributed by atoms with Crippen molar-refractivity contribution in [1.29, 1.82) is 0 Å². The molecular formula is C9H18ClNO. The molecule has 0 aliphatic carbocycles. The van der Waals surface area contributed by atoms with Crippen molar-refractivity contribution in [3.63, 3.8) is 0 Å². The Morgan fingerprint density at radius 1 is 1.58 bits per heavy atom. The lowest BCUT2D eigenvalue weighted by Gasteiger charge is -2.35. The summed E-state index contributed by atoms with van der Waals surface area (Å²) < 4.78 is 5.33. The Bertz CT molecular complexity index is 157. The summed E-state index contributed by atoms with van der Waals surface area (Å²) in [6.45, 7) is 10.5. The van der Waals surface area contributed by atoms with Crippen molar-refractivity contribution >= 4 is 11.6 Å². The van der Waals surface area contributed by atoms with Gasteiger partial charge in [0.2, 0.25) is 0 Å². The van der Waals surface area contributed by atoms with Gasteiger partial charge in [-0.05, 0) is 27.8 Å². The second kappa shape index (κ2) is 4.73. The van der Waals surface area contributed by atoms with Crippen LogP contribution < -0.4 is 0 Å². The lowest BCUT2D eigenvalue weighted by molar-refractivity contribution is 0.109. The van der Waals surface area contributed by atoms with Crippen molar-refractivity contribution in [3.8, 4) is 0 Å². The molecule has 0 saturated carbocycles. The molecule has 0 unspecified atom stereocenters. The largest absolute Gasteiger partial charge is 0.497 e. The van der Waals surface area contributed by atoms with E-state index in [9.17, 15) is 0 Å². The summed E-state index contributed by atoms with van der Waals surface area (Å²) in [7, 11) is 1.94. The molecule has 12 heavy (non-hydrogen) atoms. The van der Waals surface area contributed by atoms with Crippen LogP contribution in [0.5, 0.6) is 0 Å². The Balaban J connectivity index is 4.27. The zero-order valence-electron chi connectivity index (χ0n) is 8.35. The van der Waals surface area contributed by atoms with E-state index in [1.54, 1.807) is 0 Å². The molecule has 0 aliphatic rings. The average molecular weight is 192 g/mol. The van der Waals surface area contributed by atoms with E-state index in [-0.39, 0.29) is 5.54 Å². The van der Waals surface area contributed by atoms with Gasteiger partial charge in [-0.3, -0.25) is 4.90 Å². The van der Waals surface area contributed by atoms with Gasteiger partial charge < -0.3 is 4.74 Å². The third kappa shape index (κ3) is 2.68. The maximum atomic E-state index is 5.71. The van der Waals surface area contributed by atoms with Gasteiger partial charge in [0, 0.05) is 0 Å². The normalized spacial score (nSPS) is 11.8. The Morgan fingerprint density at radius 3 is 2.42 bits per heavy atom. The van der Waals surface area contributed by atoms with Crippen molar-refractivity contribution < 1.29 is 4.74 Å². The fourth-order valence-electron chi connectivity index (χ4n) is 0.713. The molecule has 0 radical (unpaired) electrons. The second-order valence-electron chi connectivity index (χ2n) is 3.23. The molecule has 2 nitrogen and oxygen atoms in total. The number of ether oxygens (including phenoxy) is 1. The van der Waals surface area contributed by atoms with Crippen LogP contribution in [0, 0.1) is 0 Å². The zero-order chi connectivity index (χ0) is 9.78. The SMILES string of the molecule is C=C(OCC)C(C)(C)N(C)CCl. The molecule has 0 heterocycles. The third-order valence-corrected chi connectivity index (χ3v) is 2.49. The first-order chi connectivity index (χ1) is 5.46. The fourth-order valence-corrected chi connectivity index (χ4v) is 1.01. The van der Waals surface area contributed by atoms with Crippen molar-refractivity contribution in [2.24, 2.45) is 0 Å². The van der Waals surface area contributed by atoms with Crippen LogP contribution in [0.25, 0.3) is 0 Å². The molecule has 0 aromatic rings. The maximum Gasteiger partial charge on any atom is 0.108 e. The van der Waals surface area contributed by atoms with Crippen LogP contribution >= 0.6 is 11.6 Å². The first kappa shape index (κ1) is 11.8. The first-order valence-electron chi connectivity index (χ1n) is 4.06. The molecule has 0 aliphatic heterocycles. The van der Waals surface area contributed by atoms with Gasteiger partial charge in [-0.2, -0.15) is 0 Å². The van der Waals surface area contributed by atoms with E-state index in [1.807, 2.05) is 32.7 Å². The third-order valence-electron chi connectivity index (χ3n) is 2.13. The van der Waals surface area contributed by atoms with Gasteiger partial charge >= 0.3 is 0 Å². The number of halogens is 1. The number of hydrogen-bond donors (Lipinski definition) is 0. The maximum absolute atomic E-state index is 5.71. The van der Waals surface area contributed by atoms with Gasteiger partial charge in [-0.15, -0.1) is 11.6 Å². The minimum atomic E-state index is -0.197. The summed E-state index contributed by atoms with van der Waals surface area (Å²) in [5, 5.41) is 0. The van der Waals surface area contributed by atoms with E-state index in [4.69, 9.17) is 16.3 Å². The second-order valence-corrected chi connectivity index (χ2v) is 3.47. The molecule has 0 saturated heterocycles. The van der Waals surface area contributed by atoms with Gasteiger partial charge in [0.25, 0.3) is 0 Å². The minimum Gasteiger partial charge on any atom is -0.497 e. The first-order valence-corrected chi connectivity index (χ1v) is 4.59. The molecule has 0 bridgehead atoms. The lowest BCUT2D eigenvalue weighted by atomic mass is 10.0. The highest BCUT2D eigenvalue weighted by atomic mass is 35.5. The van der Waals surface area contributed by atoms with Gasteiger partial charge in [0.15, 0.2) is 0 Å². The summed E-state index contributed by atoms with van der Waals surface area (Å²) in [5.74, 6) is 0.758. The van der Waals surface area contributed by atoms with Crippen LogP contribution in [0.1, 0.15) is 20.8 Å². The predicted molar refractivity (Wildman–Crippen MR) is 53.3 cm³/mol. The van der Waals surface area contributed by atoms with Crippen LogP contribution in [0.15, 0.2) is 12.3 Å². The van der Waals surface area contributed by atoms with E-state index in [0.29, 0.717) is 12.6 Å². The highest BCUT2D eigenvalue weighted by molar-refractivity contribution is 6.17. The molecule has 0 aromatic heterocycles. The van der Waals surface area contributed by atoms with Gasteiger partial charge in [0.1, 0.15) is 5.76 Å². The van der Waals surface area contributed by atoms with Crippen LogP contribution in [0.2, 0.25) is 0 Å². The Kier molecular flexibility index (Phi) is 4.64. The van der Waals surface area contributed by atoms with Crippen molar-refractivity contribution in [3.05, 3.63) is 12.3 Å². The summed E-state index contributed by atoms with van der Waals surface area (Å²) >= 11 is 5.71. The fraction of sp³-hybridized carbons (Fsp3) is 0.778. The summed E-state index contributed by atoms with van der Waals surface area (Å²) in [5.41, 5.74) is -0.197. The summed E-state index contributed by atoms with van der Waals surface area (Å²) in [6.07, 6.45) is 0. The van der Waals surface area contributed by atoms with Crippen molar-refractivity contribution in [1.82, 2.24) is 4.90 Å². The molecule has 72 valence electrons. The molecule has 0 rings (SSSR count). The Morgan fingerprint density at radius 2 is 2.08 bits per heavy atom. The number of alkyl halides is 1. The molecule has 0 N–H and O–H groups in total. The van der Waals surface area contributed by atoms with Crippen LogP contribution in [0.3, 0.4) is 0 Å². The molecular weight excluding hydrogens is 174 g/mol. The van der Waals surface area contributed by atoms with Crippen LogP contribution in [0.4, 0.5) is 0 Å². The standard InChI is InChI=1S/C9H18ClNO/c1-6-12-8(2)9(3,4)11(5)7-10/h2,6-7H2,1,3-5H3. The monoisotopic (exact) mass is 191 g/mol. The topological polar surface area (TPSA) is 12.5 Å². The van der Waals surface area contributed by atoms with Crippen LogP contribution in [-0.4, -0.2) is 30.1 Å². The smallest absolute Gasteiger partial charge is 0.108 e. The van der Waals surface area contributed by atoms with Crippen molar-refractivity contribution in [2.45, 2.75) is 26.3 Å². The zero-order valence-corrected chi connectivity index (χ0v) is 9.11. The molecule has 0 aromatic carbocycles. The molecule has 0 fully saturated rings. The van der Waals surface area contributed by atoms with E-state index in [0.717, 1.165) is 5.76 Å². The molecule has 0 amide bonds. The van der Waals surface area contributed by atoms with Crippen molar-refractivity contribution in [2.75, 3.05) is 19.7 Å². The number of nitrogens with zero attached hydrogens (tertiary/aromatic N) is 1. The van der Waals surface area contributed by atoms with Gasteiger partial charge in [-0.25, -0.2) is 0 Å². The summed E-state index contributed by atoms with van der Waals surface area (Å²) in [4.78, 5) is 1.98. The van der Waals surface area contributed by atoms with E-state index < -0.39 is 0 Å².